The molecule has 0 radical (unpaired) electrons. The number of aromatic nitrogens is 2. The van der Waals surface area contributed by atoms with Gasteiger partial charge >= 0.3 is 0 Å². The van der Waals surface area contributed by atoms with Crippen LogP contribution in [0.4, 0.5) is 0 Å². The maximum Gasteiger partial charge on any atom is 0.257 e. The van der Waals surface area contributed by atoms with Crippen molar-refractivity contribution in [2.45, 2.75) is 19.4 Å². The van der Waals surface area contributed by atoms with Crippen LogP contribution in [0.25, 0.3) is 0 Å². The zero-order valence-electron chi connectivity index (χ0n) is 12.3. The van der Waals surface area contributed by atoms with E-state index in [4.69, 9.17) is 0 Å². The van der Waals surface area contributed by atoms with Crippen LogP contribution >= 0.6 is 0 Å². The molecule has 1 unspecified atom stereocenters. The summed E-state index contributed by atoms with van der Waals surface area (Å²) in [5.74, 6) is 0.125. The second kappa shape index (κ2) is 5.54. The van der Waals surface area contributed by atoms with E-state index in [1.165, 1.54) is 6.42 Å². The fourth-order valence-electron chi connectivity index (χ4n) is 3.22. The first-order chi connectivity index (χ1) is 9.65. The highest BCUT2D eigenvalue weighted by Gasteiger charge is 2.29. The molecule has 1 N–H and O–H groups in total. The zero-order chi connectivity index (χ0) is 14.1. The van der Waals surface area contributed by atoms with Gasteiger partial charge in [-0.05, 0) is 19.9 Å². The number of nitrogens with zero attached hydrogens (tertiary/aromatic N) is 4. The summed E-state index contributed by atoms with van der Waals surface area (Å²) in [6, 6.07) is 0.660. The van der Waals surface area contributed by atoms with Gasteiger partial charge in [0.1, 0.15) is 0 Å². The molecule has 1 atom stereocenters. The largest absolute Gasteiger partial charge is 0.336 e. The minimum absolute atomic E-state index is 0.125. The molecule has 2 aliphatic heterocycles. The Bertz CT molecular complexity index is 484. The van der Waals surface area contributed by atoms with E-state index in [1.807, 2.05) is 25.1 Å². The van der Waals surface area contributed by atoms with Crippen LogP contribution in [0.3, 0.4) is 0 Å². The molecule has 110 valence electrons. The van der Waals surface area contributed by atoms with Gasteiger partial charge in [-0.3, -0.25) is 14.4 Å². The van der Waals surface area contributed by atoms with Crippen molar-refractivity contribution < 1.29 is 4.79 Å². The molecule has 6 nitrogen and oxygen atoms in total. The molecule has 1 aromatic heterocycles. The third-order valence-electron chi connectivity index (χ3n) is 4.40. The summed E-state index contributed by atoms with van der Waals surface area (Å²) in [5.41, 5.74) is 1.56. The number of nitrogens with one attached hydrogen (secondary N) is 1. The summed E-state index contributed by atoms with van der Waals surface area (Å²) in [6.45, 7) is 7.73. The summed E-state index contributed by atoms with van der Waals surface area (Å²) in [6.07, 6.45) is 3.06. The number of amides is 1. The Kier molecular flexibility index (Phi) is 3.76. The molecule has 20 heavy (non-hydrogen) atoms. The van der Waals surface area contributed by atoms with Gasteiger partial charge in [0.25, 0.3) is 5.91 Å². The number of carbonyl (C=O) groups is 1. The highest BCUT2D eigenvalue weighted by Crippen LogP contribution is 2.15. The Morgan fingerprint density at radius 1 is 1.35 bits per heavy atom. The molecule has 2 saturated heterocycles. The second-order valence-corrected chi connectivity index (χ2v) is 5.78. The number of hydrogen-bond donors (Lipinski definition) is 1. The summed E-state index contributed by atoms with van der Waals surface area (Å²) in [7, 11) is 1.86. The molecular formula is C14H23N5O. The molecule has 1 amide bonds. The number of rotatable bonds is 2. The molecule has 3 heterocycles. The van der Waals surface area contributed by atoms with Gasteiger partial charge in [0.2, 0.25) is 0 Å². The number of hydrogen-bond acceptors (Lipinski definition) is 4. The molecule has 3 rings (SSSR count). The SMILES string of the molecule is Cc1nn(C)cc1C(=O)N1CCN(C2CCNC2)CC1. The Morgan fingerprint density at radius 2 is 2.10 bits per heavy atom. The topological polar surface area (TPSA) is 53.4 Å². The van der Waals surface area contributed by atoms with E-state index in [1.54, 1.807) is 4.68 Å². The molecule has 1 aromatic rings. The van der Waals surface area contributed by atoms with Gasteiger partial charge in [0.15, 0.2) is 0 Å². The van der Waals surface area contributed by atoms with E-state index in [0.29, 0.717) is 6.04 Å². The Hall–Kier alpha value is -1.40. The van der Waals surface area contributed by atoms with E-state index < -0.39 is 0 Å². The van der Waals surface area contributed by atoms with Gasteiger partial charge in [-0.2, -0.15) is 5.10 Å². The lowest BCUT2D eigenvalue weighted by atomic mass is 10.1. The predicted molar refractivity (Wildman–Crippen MR) is 76.7 cm³/mol. The average Bonchev–Trinajstić information content (AvgIpc) is 3.08. The Morgan fingerprint density at radius 3 is 2.65 bits per heavy atom. The summed E-state index contributed by atoms with van der Waals surface area (Å²) >= 11 is 0. The van der Waals surface area contributed by atoms with E-state index in [0.717, 1.165) is 50.5 Å². The van der Waals surface area contributed by atoms with Gasteiger partial charge < -0.3 is 10.2 Å². The highest BCUT2D eigenvalue weighted by molar-refractivity contribution is 5.95. The highest BCUT2D eigenvalue weighted by atomic mass is 16.2. The standard InChI is InChI=1S/C14H23N5O/c1-11-13(10-17(2)16-11)14(20)19-7-5-18(6-8-19)12-3-4-15-9-12/h10,12,15H,3-9H2,1-2H3. The lowest BCUT2D eigenvalue weighted by Gasteiger charge is -2.37. The van der Waals surface area contributed by atoms with Crippen molar-refractivity contribution >= 4 is 5.91 Å². The van der Waals surface area contributed by atoms with Crippen molar-refractivity contribution in [3.05, 3.63) is 17.5 Å². The van der Waals surface area contributed by atoms with Gasteiger partial charge in [0, 0.05) is 52.0 Å². The lowest BCUT2D eigenvalue weighted by Crippen LogP contribution is -2.52. The van der Waals surface area contributed by atoms with Gasteiger partial charge in [-0.25, -0.2) is 0 Å². The first-order valence-electron chi connectivity index (χ1n) is 7.39. The first-order valence-corrected chi connectivity index (χ1v) is 7.39. The van der Waals surface area contributed by atoms with Crippen LogP contribution in [0.15, 0.2) is 6.20 Å². The quantitative estimate of drug-likeness (QED) is 0.817. The van der Waals surface area contributed by atoms with Crippen LogP contribution in [0, 0.1) is 6.92 Å². The van der Waals surface area contributed by atoms with Gasteiger partial charge in [-0.15, -0.1) is 0 Å². The zero-order valence-corrected chi connectivity index (χ0v) is 12.3. The summed E-state index contributed by atoms with van der Waals surface area (Å²) < 4.78 is 1.71. The van der Waals surface area contributed by atoms with Crippen molar-refractivity contribution in [1.82, 2.24) is 24.9 Å². The molecule has 6 heteroatoms. The lowest BCUT2D eigenvalue weighted by molar-refractivity contribution is 0.0583. The number of aryl methyl sites for hydroxylation is 2. The van der Waals surface area contributed by atoms with Crippen LogP contribution in [-0.4, -0.2) is 70.8 Å². The average molecular weight is 277 g/mol. The van der Waals surface area contributed by atoms with Crippen LogP contribution in [0.2, 0.25) is 0 Å². The van der Waals surface area contributed by atoms with Crippen molar-refractivity contribution in [1.29, 1.82) is 0 Å². The third-order valence-corrected chi connectivity index (χ3v) is 4.40. The predicted octanol–water partition coefficient (Wildman–Crippen LogP) is -0.152. The second-order valence-electron chi connectivity index (χ2n) is 5.78. The van der Waals surface area contributed by atoms with Crippen molar-refractivity contribution in [3.8, 4) is 0 Å². The molecule has 2 aliphatic rings. The van der Waals surface area contributed by atoms with Crippen molar-refractivity contribution in [2.75, 3.05) is 39.3 Å². The maximum atomic E-state index is 12.5. The fraction of sp³-hybridized carbons (Fsp3) is 0.714. The van der Waals surface area contributed by atoms with Crippen molar-refractivity contribution in [2.24, 2.45) is 7.05 Å². The van der Waals surface area contributed by atoms with E-state index >= 15 is 0 Å². The fourth-order valence-corrected chi connectivity index (χ4v) is 3.22. The maximum absolute atomic E-state index is 12.5. The molecule has 2 fully saturated rings. The molecule has 0 aliphatic carbocycles. The first kappa shape index (κ1) is 13.6. The number of carbonyl (C=O) groups excluding carboxylic acids is 1. The molecule has 0 bridgehead atoms. The molecule has 0 aromatic carbocycles. The Balaban J connectivity index is 1.60. The summed E-state index contributed by atoms with van der Waals surface area (Å²) in [5, 5.41) is 7.66. The Labute approximate surface area is 119 Å². The minimum atomic E-state index is 0.125. The smallest absolute Gasteiger partial charge is 0.257 e. The van der Waals surface area contributed by atoms with Gasteiger partial charge in [-0.1, -0.05) is 0 Å². The van der Waals surface area contributed by atoms with E-state index in [-0.39, 0.29) is 5.91 Å². The van der Waals surface area contributed by atoms with E-state index in [2.05, 4.69) is 15.3 Å². The third kappa shape index (κ3) is 2.58. The van der Waals surface area contributed by atoms with E-state index in [9.17, 15) is 4.79 Å². The number of piperazine rings is 1. The van der Waals surface area contributed by atoms with Crippen LogP contribution in [0.1, 0.15) is 22.5 Å². The molecule has 0 spiro atoms. The molecular weight excluding hydrogens is 254 g/mol. The van der Waals surface area contributed by atoms with Crippen molar-refractivity contribution in [3.63, 3.8) is 0 Å². The van der Waals surface area contributed by atoms with Crippen LogP contribution in [-0.2, 0) is 7.05 Å². The monoisotopic (exact) mass is 277 g/mol. The van der Waals surface area contributed by atoms with Crippen LogP contribution < -0.4 is 5.32 Å². The van der Waals surface area contributed by atoms with Gasteiger partial charge in [0.05, 0.1) is 11.3 Å². The minimum Gasteiger partial charge on any atom is -0.336 e. The summed E-state index contributed by atoms with van der Waals surface area (Å²) in [4.78, 5) is 17.0. The van der Waals surface area contributed by atoms with Crippen LogP contribution in [0.5, 0.6) is 0 Å². The molecule has 0 saturated carbocycles. The normalized spacial score (nSPS) is 24.3.